The van der Waals surface area contributed by atoms with Gasteiger partial charge in [0.15, 0.2) is 0 Å². The minimum atomic E-state index is 0.417. The van der Waals surface area contributed by atoms with Crippen molar-refractivity contribution in [2.24, 2.45) is 0 Å². The van der Waals surface area contributed by atoms with Crippen LogP contribution in [-0.2, 0) is 11.3 Å². The maximum absolute atomic E-state index is 6.10. The number of benzene rings is 1. The van der Waals surface area contributed by atoms with Gasteiger partial charge < -0.3 is 15.0 Å². The smallest absolute Gasteiger partial charge is 0.0668 e. The number of halogens is 1. The van der Waals surface area contributed by atoms with Gasteiger partial charge in [0.25, 0.3) is 0 Å². The summed E-state index contributed by atoms with van der Waals surface area (Å²) >= 11 is 6.10. The van der Waals surface area contributed by atoms with E-state index in [4.69, 9.17) is 16.3 Å². The maximum atomic E-state index is 6.10. The molecule has 0 aromatic heterocycles. The van der Waals surface area contributed by atoms with Gasteiger partial charge in [0, 0.05) is 29.8 Å². The minimum Gasteiger partial charge on any atom is -0.377 e. The number of ether oxygens (including phenoxy) is 1. The van der Waals surface area contributed by atoms with Crippen LogP contribution in [-0.4, -0.2) is 32.3 Å². The summed E-state index contributed by atoms with van der Waals surface area (Å²) in [6.07, 6.45) is 0. The second kappa shape index (κ2) is 6.41. The van der Waals surface area contributed by atoms with Crippen LogP contribution in [0.2, 0.25) is 5.02 Å². The molecule has 1 aromatic rings. The Hall–Kier alpha value is -0.770. The predicted octanol–water partition coefficient (Wildman–Crippen LogP) is 2.67. The lowest BCUT2D eigenvalue weighted by atomic mass is 10.1. The Morgan fingerprint density at radius 3 is 3.06 bits per heavy atom. The molecule has 1 heterocycles. The van der Waals surface area contributed by atoms with Crippen molar-refractivity contribution in [2.75, 3.05) is 31.2 Å². The van der Waals surface area contributed by atoms with E-state index in [9.17, 15) is 0 Å². The summed E-state index contributed by atoms with van der Waals surface area (Å²) in [4.78, 5) is 2.41. The second-order valence-corrected chi connectivity index (χ2v) is 5.11. The zero-order valence-corrected chi connectivity index (χ0v) is 11.8. The van der Waals surface area contributed by atoms with E-state index >= 15 is 0 Å². The highest BCUT2D eigenvalue weighted by molar-refractivity contribution is 6.30. The number of nitrogens with zero attached hydrogens (tertiary/aromatic N) is 1. The zero-order valence-electron chi connectivity index (χ0n) is 11.1. The van der Waals surface area contributed by atoms with Gasteiger partial charge in [-0.1, -0.05) is 18.5 Å². The Bertz CT molecular complexity index is 397. The fraction of sp³-hybridized carbons (Fsp3) is 0.571. The molecule has 0 aliphatic carbocycles. The Balaban J connectivity index is 2.24. The Morgan fingerprint density at radius 2 is 2.33 bits per heavy atom. The van der Waals surface area contributed by atoms with Crippen molar-refractivity contribution in [3.05, 3.63) is 28.8 Å². The molecule has 0 spiro atoms. The van der Waals surface area contributed by atoms with Crippen molar-refractivity contribution in [1.82, 2.24) is 5.32 Å². The monoisotopic (exact) mass is 268 g/mol. The van der Waals surface area contributed by atoms with Crippen LogP contribution in [0.3, 0.4) is 0 Å². The largest absolute Gasteiger partial charge is 0.377 e. The fourth-order valence-electron chi connectivity index (χ4n) is 2.32. The average Bonchev–Trinajstić information content (AvgIpc) is 2.37. The van der Waals surface area contributed by atoms with Gasteiger partial charge in [-0.3, -0.25) is 0 Å². The number of rotatable bonds is 4. The molecule has 100 valence electrons. The van der Waals surface area contributed by atoms with E-state index in [-0.39, 0.29) is 0 Å². The van der Waals surface area contributed by atoms with Crippen LogP contribution >= 0.6 is 11.6 Å². The topological polar surface area (TPSA) is 24.5 Å². The molecular formula is C14H21ClN2O. The molecule has 18 heavy (non-hydrogen) atoms. The van der Waals surface area contributed by atoms with Crippen LogP contribution in [0.4, 0.5) is 5.69 Å². The van der Waals surface area contributed by atoms with Crippen molar-refractivity contribution in [3.63, 3.8) is 0 Å². The van der Waals surface area contributed by atoms with Gasteiger partial charge in [0.1, 0.15) is 0 Å². The molecule has 1 unspecified atom stereocenters. The molecule has 4 heteroatoms. The molecule has 2 rings (SSSR count). The number of anilines is 1. The Labute approximate surface area is 114 Å². The fourth-order valence-corrected chi connectivity index (χ4v) is 2.52. The van der Waals surface area contributed by atoms with E-state index in [1.807, 2.05) is 6.07 Å². The number of morpholine rings is 1. The first-order valence-electron chi connectivity index (χ1n) is 6.56. The van der Waals surface area contributed by atoms with Gasteiger partial charge in [-0.15, -0.1) is 0 Å². The quantitative estimate of drug-likeness (QED) is 0.909. The Morgan fingerprint density at radius 1 is 1.50 bits per heavy atom. The van der Waals surface area contributed by atoms with Crippen molar-refractivity contribution in [3.8, 4) is 0 Å². The highest BCUT2D eigenvalue weighted by Crippen LogP contribution is 2.27. The molecular weight excluding hydrogens is 248 g/mol. The normalized spacial score (nSPS) is 20.2. The average molecular weight is 269 g/mol. The van der Waals surface area contributed by atoms with E-state index in [0.717, 1.165) is 37.9 Å². The lowest BCUT2D eigenvalue weighted by molar-refractivity contribution is 0.0988. The summed E-state index contributed by atoms with van der Waals surface area (Å²) in [6.45, 7) is 8.67. The van der Waals surface area contributed by atoms with Gasteiger partial charge in [0.05, 0.1) is 13.2 Å². The van der Waals surface area contributed by atoms with Gasteiger partial charge in [-0.25, -0.2) is 0 Å². The zero-order chi connectivity index (χ0) is 13.0. The van der Waals surface area contributed by atoms with E-state index in [1.165, 1.54) is 11.3 Å². The molecule has 0 amide bonds. The molecule has 1 aromatic carbocycles. The van der Waals surface area contributed by atoms with Crippen LogP contribution in [0, 0.1) is 0 Å². The molecule has 1 aliphatic rings. The summed E-state index contributed by atoms with van der Waals surface area (Å²) in [5.41, 5.74) is 2.54. The summed E-state index contributed by atoms with van der Waals surface area (Å²) < 4.78 is 5.49. The number of nitrogens with one attached hydrogen (secondary N) is 1. The predicted molar refractivity (Wildman–Crippen MR) is 76.5 cm³/mol. The van der Waals surface area contributed by atoms with Crippen molar-refractivity contribution >= 4 is 17.3 Å². The molecule has 3 nitrogen and oxygen atoms in total. The van der Waals surface area contributed by atoms with Gasteiger partial charge >= 0.3 is 0 Å². The number of hydrogen-bond donors (Lipinski definition) is 1. The lowest BCUT2D eigenvalue weighted by Crippen LogP contribution is -2.44. The van der Waals surface area contributed by atoms with Gasteiger partial charge in [-0.05, 0) is 37.2 Å². The third-order valence-electron chi connectivity index (χ3n) is 3.28. The van der Waals surface area contributed by atoms with Crippen LogP contribution < -0.4 is 10.2 Å². The van der Waals surface area contributed by atoms with Crippen molar-refractivity contribution in [1.29, 1.82) is 0 Å². The molecule has 1 atom stereocenters. The van der Waals surface area contributed by atoms with Crippen LogP contribution in [0.1, 0.15) is 19.4 Å². The second-order valence-electron chi connectivity index (χ2n) is 4.67. The highest BCUT2D eigenvalue weighted by Gasteiger charge is 2.21. The molecule has 0 saturated carbocycles. The van der Waals surface area contributed by atoms with Crippen molar-refractivity contribution in [2.45, 2.75) is 26.4 Å². The maximum Gasteiger partial charge on any atom is 0.0668 e. The molecule has 1 aliphatic heterocycles. The third kappa shape index (κ3) is 3.16. The molecule has 1 saturated heterocycles. The van der Waals surface area contributed by atoms with E-state index < -0.39 is 0 Å². The molecule has 1 fully saturated rings. The van der Waals surface area contributed by atoms with Crippen LogP contribution in [0.5, 0.6) is 0 Å². The SMILES string of the molecule is CCNCc1cc(Cl)ccc1N1CCOCC1C. The van der Waals surface area contributed by atoms with Crippen molar-refractivity contribution < 1.29 is 4.74 Å². The first-order valence-corrected chi connectivity index (χ1v) is 6.93. The molecule has 0 bridgehead atoms. The van der Waals surface area contributed by atoms with Gasteiger partial charge in [0.2, 0.25) is 0 Å². The van der Waals surface area contributed by atoms with Crippen LogP contribution in [0.15, 0.2) is 18.2 Å². The van der Waals surface area contributed by atoms with Gasteiger partial charge in [-0.2, -0.15) is 0 Å². The van der Waals surface area contributed by atoms with E-state index in [0.29, 0.717) is 6.04 Å². The lowest BCUT2D eigenvalue weighted by Gasteiger charge is -2.36. The standard InChI is InChI=1S/C14H21ClN2O/c1-3-16-9-12-8-13(15)4-5-14(12)17-6-7-18-10-11(17)2/h4-5,8,11,16H,3,6-7,9-10H2,1-2H3. The first kappa shape index (κ1) is 13.7. The summed E-state index contributed by atoms with van der Waals surface area (Å²) in [6, 6.07) is 6.56. The summed E-state index contributed by atoms with van der Waals surface area (Å²) in [5.74, 6) is 0. The summed E-state index contributed by atoms with van der Waals surface area (Å²) in [5, 5.41) is 4.17. The third-order valence-corrected chi connectivity index (χ3v) is 3.52. The van der Waals surface area contributed by atoms with E-state index in [2.05, 4.69) is 36.2 Å². The van der Waals surface area contributed by atoms with E-state index in [1.54, 1.807) is 0 Å². The minimum absolute atomic E-state index is 0.417. The molecule has 0 radical (unpaired) electrons. The number of hydrogen-bond acceptors (Lipinski definition) is 3. The summed E-state index contributed by atoms with van der Waals surface area (Å²) in [7, 11) is 0. The van der Waals surface area contributed by atoms with Crippen LogP contribution in [0.25, 0.3) is 0 Å². The highest BCUT2D eigenvalue weighted by atomic mass is 35.5. The molecule has 1 N–H and O–H groups in total. The Kier molecular flexibility index (Phi) is 4.87. The first-order chi connectivity index (χ1) is 8.72.